The molecule has 0 unspecified atom stereocenters. The van der Waals surface area contributed by atoms with Crippen molar-refractivity contribution in [1.82, 2.24) is 14.4 Å². The molecule has 1 aromatic carbocycles. The Kier molecular flexibility index (Phi) is 6.87. The van der Waals surface area contributed by atoms with E-state index in [1.54, 1.807) is 6.07 Å². The minimum atomic E-state index is -0.277. The molecule has 0 amide bonds. The summed E-state index contributed by atoms with van der Waals surface area (Å²) in [6.45, 7) is 5.62. The SMILES string of the molecule is Cn1c(CN2CCCCCC2)cc(=O)c(O)c1CN1CCO[C@H](c2ccccc2)C1. The lowest BCUT2D eigenvalue weighted by Gasteiger charge is -2.34. The highest BCUT2D eigenvalue weighted by Crippen LogP contribution is 2.25. The Labute approximate surface area is 178 Å². The number of ether oxygens (including phenoxy) is 1. The monoisotopic (exact) mass is 411 g/mol. The maximum atomic E-state index is 12.5. The molecule has 2 aliphatic heterocycles. The second-order valence-electron chi connectivity index (χ2n) is 8.55. The van der Waals surface area contributed by atoms with E-state index in [0.29, 0.717) is 18.8 Å². The number of rotatable bonds is 5. The fourth-order valence-electron chi connectivity index (χ4n) is 4.57. The summed E-state index contributed by atoms with van der Waals surface area (Å²) in [5, 5.41) is 10.6. The molecule has 2 aliphatic rings. The van der Waals surface area contributed by atoms with Crippen LogP contribution in [-0.2, 0) is 24.9 Å². The van der Waals surface area contributed by atoms with Crippen LogP contribution in [0.3, 0.4) is 0 Å². The topological polar surface area (TPSA) is 57.9 Å². The van der Waals surface area contributed by atoms with Crippen molar-refractivity contribution in [1.29, 1.82) is 0 Å². The number of hydrogen-bond donors (Lipinski definition) is 1. The molecular weight excluding hydrogens is 378 g/mol. The van der Waals surface area contributed by atoms with Gasteiger partial charge in [-0.3, -0.25) is 14.6 Å². The molecule has 2 aromatic rings. The molecule has 3 heterocycles. The molecule has 1 N–H and O–H groups in total. The quantitative estimate of drug-likeness (QED) is 0.820. The number of pyridine rings is 1. The van der Waals surface area contributed by atoms with Gasteiger partial charge in [0.15, 0.2) is 5.75 Å². The summed E-state index contributed by atoms with van der Waals surface area (Å²) in [5.74, 6) is -0.125. The summed E-state index contributed by atoms with van der Waals surface area (Å²) in [6, 6.07) is 11.8. The molecule has 30 heavy (non-hydrogen) atoms. The van der Waals surface area contributed by atoms with Crippen molar-refractivity contribution in [2.45, 2.75) is 44.9 Å². The maximum Gasteiger partial charge on any atom is 0.223 e. The number of likely N-dealkylation sites (tertiary alicyclic amines) is 1. The first-order chi connectivity index (χ1) is 14.6. The highest BCUT2D eigenvalue weighted by atomic mass is 16.5. The molecule has 0 radical (unpaired) electrons. The van der Waals surface area contributed by atoms with E-state index in [9.17, 15) is 9.90 Å². The molecule has 0 saturated carbocycles. The largest absolute Gasteiger partial charge is 0.503 e. The van der Waals surface area contributed by atoms with Crippen molar-refractivity contribution in [3.63, 3.8) is 0 Å². The Morgan fingerprint density at radius 3 is 2.47 bits per heavy atom. The minimum absolute atomic E-state index is 0.0133. The Hall–Kier alpha value is -2.15. The first-order valence-corrected chi connectivity index (χ1v) is 11.1. The summed E-state index contributed by atoms with van der Waals surface area (Å²) >= 11 is 0. The van der Waals surface area contributed by atoms with Crippen molar-refractivity contribution in [3.8, 4) is 5.75 Å². The van der Waals surface area contributed by atoms with Crippen molar-refractivity contribution < 1.29 is 9.84 Å². The van der Waals surface area contributed by atoms with Crippen molar-refractivity contribution in [3.05, 3.63) is 63.6 Å². The van der Waals surface area contributed by atoms with E-state index in [1.165, 1.54) is 25.7 Å². The number of aromatic nitrogens is 1. The van der Waals surface area contributed by atoms with Gasteiger partial charge in [0.2, 0.25) is 5.43 Å². The predicted octanol–water partition coefficient (Wildman–Crippen LogP) is 3.04. The molecular formula is C24H33N3O3. The third-order valence-electron chi connectivity index (χ3n) is 6.42. The fraction of sp³-hybridized carbons (Fsp3) is 0.542. The highest BCUT2D eigenvalue weighted by molar-refractivity contribution is 5.30. The lowest BCUT2D eigenvalue weighted by Crippen LogP contribution is -2.39. The third-order valence-corrected chi connectivity index (χ3v) is 6.42. The van der Waals surface area contributed by atoms with Gasteiger partial charge in [-0.25, -0.2) is 0 Å². The maximum absolute atomic E-state index is 12.5. The first-order valence-electron chi connectivity index (χ1n) is 11.1. The summed E-state index contributed by atoms with van der Waals surface area (Å²) in [7, 11) is 1.97. The number of benzene rings is 1. The zero-order chi connectivity index (χ0) is 20.9. The molecule has 1 aromatic heterocycles. The summed E-state index contributed by atoms with van der Waals surface area (Å²) in [4.78, 5) is 17.2. The Morgan fingerprint density at radius 1 is 1.00 bits per heavy atom. The predicted molar refractivity (Wildman–Crippen MR) is 118 cm³/mol. The Morgan fingerprint density at radius 2 is 1.73 bits per heavy atom. The molecule has 2 saturated heterocycles. The zero-order valence-electron chi connectivity index (χ0n) is 17.9. The summed E-state index contributed by atoms with van der Waals surface area (Å²) in [5.41, 5.74) is 2.56. The number of nitrogens with zero attached hydrogens (tertiary/aromatic N) is 3. The van der Waals surface area contributed by atoms with E-state index >= 15 is 0 Å². The molecule has 6 nitrogen and oxygen atoms in total. The van der Waals surface area contributed by atoms with Crippen LogP contribution in [-0.4, -0.2) is 52.3 Å². The van der Waals surface area contributed by atoms with Crippen LogP contribution in [0.25, 0.3) is 0 Å². The lowest BCUT2D eigenvalue weighted by atomic mass is 10.1. The number of morpholine rings is 1. The van der Waals surface area contributed by atoms with E-state index in [1.807, 2.05) is 29.8 Å². The van der Waals surface area contributed by atoms with Gasteiger partial charge in [-0.05, 0) is 31.5 Å². The number of aromatic hydroxyl groups is 1. The van der Waals surface area contributed by atoms with Crippen LogP contribution >= 0.6 is 0 Å². The molecule has 4 rings (SSSR count). The lowest BCUT2D eigenvalue weighted by molar-refractivity contribution is -0.0338. The van der Waals surface area contributed by atoms with Gasteiger partial charge in [0, 0.05) is 45.0 Å². The van der Waals surface area contributed by atoms with Crippen molar-refractivity contribution in [2.75, 3.05) is 32.8 Å². The van der Waals surface area contributed by atoms with Gasteiger partial charge >= 0.3 is 0 Å². The second kappa shape index (κ2) is 9.77. The summed E-state index contributed by atoms with van der Waals surface area (Å²) < 4.78 is 8.00. The van der Waals surface area contributed by atoms with E-state index in [2.05, 4.69) is 21.9 Å². The molecule has 0 spiro atoms. The van der Waals surface area contributed by atoms with E-state index in [4.69, 9.17) is 4.74 Å². The standard InChI is InChI=1S/C24H33N3O3/c1-25-20(16-26-11-7-2-3-8-12-26)15-22(28)24(29)21(25)17-27-13-14-30-23(18-27)19-9-5-4-6-10-19/h4-6,9-10,15,23,29H,2-3,7-8,11-14,16-18H2,1H3/t23-/m0/s1. The molecule has 2 fully saturated rings. The van der Waals surface area contributed by atoms with Gasteiger partial charge in [0.1, 0.15) is 0 Å². The smallest absolute Gasteiger partial charge is 0.223 e. The van der Waals surface area contributed by atoms with Gasteiger partial charge in [0.05, 0.1) is 18.4 Å². The average Bonchev–Trinajstić information content (AvgIpc) is 3.04. The van der Waals surface area contributed by atoms with Crippen LogP contribution in [0.2, 0.25) is 0 Å². The van der Waals surface area contributed by atoms with Gasteiger partial charge < -0.3 is 14.4 Å². The highest BCUT2D eigenvalue weighted by Gasteiger charge is 2.24. The van der Waals surface area contributed by atoms with Crippen LogP contribution in [0, 0.1) is 0 Å². The van der Waals surface area contributed by atoms with Crippen molar-refractivity contribution in [2.24, 2.45) is 7.05 Å². The van der Waals surface area contributed by atoms with Crippen LogP contribution in [0.15, 0.2) is 41.2 Å². The second-order valence-corrected chi connectivity index (χ2v) is 8.55. The molecule has 6 heteroatoms. The third kappa shape index (κ3) is 4.94. The minimum Gasteiger partial charge on any atom is -0.503 e. The summed E-state index contributed by atoms with van der Waals surface area (Å²) in [6.07, 6.45) is 5.02. The van der Waals surface area contributed by atoms with E-state index in [0.717, 1.165) is 44.0 Å². The van der Waals surface area contributed by atoms with Crippen LogP contribution in [0.5, 0.6) is 5.75 Å². The van der Waals surface area contributed by atoms with Gasteiger partial charge in [0.25, 0.3) is 0 Å². The molecule has 162 valence electrons. The van der Waals surface area contributed by atoms with E-state index in [-0.39, 0.29) is 17.3 Å². The van der Waals surface area contributed by atoms with Crippen molar-refractivity contribution >= 4 is 0 Å². The molecule has 1 atom stereocenters. The molecule has 0 aliphatic carbocycles. The van der Waals surface area contributed by atoms with Crippen LogP contribution in [0.1, 0.15) is 48.7 Å². The van der Waals surface area contributed by atoms with Gasteiger partial charge in [-0.2, -0.15) is 0 Å². The van der Waals surface area contributed by atoms with Gasteiger partial charge in [-0.15, -0.1) is 0 Å². The zero-order valence-corrected chi connectivity index (χ0v) is 17.9. The van der Waals surface area contributed by atoms with Crippen LogP contribution in [0.4, 0.5) is 0 Å². The van der Waals surface area contributed by atoms with Crippen LogP contribution < -0.4 is 5.43 Å². The fourth-order valence-corrected chi connectivity index (χ4v) is 4.57. The average molecular weight is 412 g/mol. The number of hydrogen-bond acceptors (Lipinski definition) is 5. The van der Waals surface area contributed by atoms with E-state index < -0.39 is 0 Å². The Bertz CT molecular complexity index is 889. The Balaban J connectivity index is 1.51. The normalized spacial score (nSPS) is 21.4. The first kappa shape index (κ1) is 21.1. The molecule has 0 bridgehead atoms. The van der Waals surface area contributed by atoms with Gasteiger partial charge in [-0.1, -0.05) is 43.2 Å².